The first-order valence-corrected chi connectivity index (χ1v) is 2.06. The van der Waals surface area contributed by atoms with Crippen LogP contribution in [0, 0.1) is 6.20 Å². The van der Waals surface area contributed by atoms with Crippen molar-refractivity contribution in [3.05, 3.63) is 6.20 Å². The van der Waals surface area contributed by atoms with Gasteiger partial charge in [-0.05, 0) is 0 Å². The highest BCUT2D eigenvalue weighted by molar-refractivity contribution is 7.07. The predicted octanol–water partition coefficient (Wildman–Crippen LogP) is 0.0439. The first kappa shape index (κ1) is 3.55. The summed E-state index contributed by atoms with van der Waals surface area (Å²) >= 11 is 0.917. The third-order valence-electron chi connectivity index (χ3n) is 0.314. The van der Waals surface area contributed by atoms with Crippen LogP contribution >= 0.6 is 11.5 Å². The Bertz CT molecular complexity index is 115. The zero-order valence-corrected chi connectivity index (χ0v) is 3.57. The Balaban J connectivity index is 3.05. The molecule has 0 unspecified atom stereocenters. The molecule has 0 bridgehead atoms. The molecule has 0 fully saturated rings. The minimum absolute atomic E-state index is 0.0370. The average Bonchev–Trinajstić information content (AvgIpc) is 1.86. The summed E-state index contributed by atoms with van der Waals surface area (Å²) in [5, 5.41) is 11.6. The van der Waals surface area contributed by atoms with E-state index in [9.17, 15) is 0 Å². The molecule has 4 heteroatoms. The summed E-state index contributed by atoms with van der Waals surface area (Å²) in [6.07, 6.45) is 2.21. The summed E-state index contributed by atoms with van der Waals surface area (Å²) < 4.78 is 3.31. The van der Waals surface area contributed by atoms with Gasteiger partial charge in [-0.2, -0.15) is 0 Å². The third-order valence-corrected chi connectivity index (χ3v) is 0.741. The van der Waals surface area contributed by atoms with Crippen LogP contribution in [-0.2, 0) is 0 Å². The van der Waals surface area contributed by atoms with Crippen LogP contribution < -0.4 is 0 Å². The van der Waals surface area contributed by atoms with Gasteiger partial charge in [0.2, 0.25) is 5.06 Å². The lowest BCUT2D eigenvalue weighted by Gasteiger charge is -1.61. The molecular formula is C2HN2OS. The quantitative estimate of drug-likeness (QED) is 0.502. The number of rotatable bonds is 0. The molecule has 0 aliphatic rings. The Kier molecular flexibility index (Phi) is 0.719. The lowest BCUT2D eigenvalue weighted by molar-refractivity contribution is 0.488. The van der Waals surface area contributed by atoms with Crippen LogP contribution in [0.4, 0.5) is 0 Å². The first-order valence-electron chi connectivity index (χ1n) is 1.28. The largest absolute Gasteiger partial charge is 0.497 e. The molecule has 0 aliphatic carbocycles. The lowest BCUT2D eigenvalue weighted by atomic mass is 11.0. The van der Waals surface area contributed by atoms with Crippen molar-refractivity contribution in [1.82, 2.24) is 9.59 Å². The topological polar surface area (TPSA) is 46.0 Å². The van der Waals surface area contributed by atoms with Gasteiger partial charge in [0.15, 0.2) is 6.20 Å². The fourth-order valence-electron chi connectivity index (χ4n) is 0.143. The van der Waals surface area contributed by atoms with Crippen LogP contribution in [0.3, 0.4) is 0 Å². The van der Waals surface area contributed by atoms with Crippen molar-refractivity contribution in [2.24, 2.45) is 0 Å². The average molecular weight is 101 g/mol. The molecule has 1 heterocycles. The van der Waals surface area contributed by atoms with E-state index in [0.29, 0.717) is 0 Å². The van der Waals surface area contributed by atoms with Gasteiger partial charge in [-0.25, -0.2) is 0 Å². The number of nitrogens with zero attached hydrogens (tertiary/aromatic N) is 2. The molecule has 1 aromatic heterocycles. The van der Waals surface area contributed by atoms with Gasteiger partial charge in [0.05, 0.1) is 0 Å². The molecule has 0 aromatic carbocycles. The van der Waals surface area contributed by atoms with Gasteiger partial charge in [-0.1, -0.05) is 4.49 Å². The number of aromatic nitrogens is 2. The lowest BCUT2D eigenvalue weighted by Crippen LogP contribution is -1.53. The molecule has 1 rings (SSSR count). The van der Waals surface area contributed by atoms with E-state index in [1.54, 1.807) is 0 Å². The first-order chi connectivity index (χ1) is 2.89. The van der Waals surface area contributed by atoms with Gasteiger partial charge in [0.1, 0.15) is 0 Å². The van der Waals surface area contributed by atoms with Gasteiger partial charge < -0.3 is 5.11 Å². The zero-order chi connectivity index (χ0) is 4.41. The van der Waals surface area contributed by atoms with Gasteiger partial charge in [-0.15, -0.1) is 5.10 Å². The zero-order valence-electron chi connectivity index (χ0n) is 2.75. The van der Waals surface area contributed by atoms with Crippen molar-refractivity contribution in [2.45, 2.75) is 0 Å². The maximum Gasteiger partial charge on any atom is 0.221 e. The summed E-state index contributed by atoms with van der Waals surface area (Å²) in [6, 6.07) is 0. The van der Waals surface area contributed by atoms with E-state index >= 15 is 0 Å². The molecule has 31 valence electrons. The molecule has 1 aromatic rings. The minimum atomic E-state index is 0.0370. The fraction of sp³-hybridized carbons (Fsp3) is 0. The van der Waals surface area contributed by atoms with Crippen molar-refractivity contribution in [3.63, 3.8) is 0 Å². The molecule has 0 aliphatic heterocycles. The van der Waals surface area contributed by atoms with Crippen molar-refractivity contribution in [3.8, 4) is 5.06 Å². The van der Waals surface area contributed by atoms with Crippen LogP contribution in [0.2, 0.25) is 0 Å². The highest BCUT2D eigenvalue weighted by Crippen LogP contribution is 2.06. The summed E-state index contributed by atoms with van der Waals surface area (Å²) in [4.78, 5) is 0. The van der Waals surface area contributed by atoms with Gasteiger partial charge in [-0.3, -0.25) is 0 Å². The predicted molar refractivity (Wildman–Crippen MR) is 20.4 cm³/mol. The molecule has 6 heavy (non-hydrogen) atoms. The SMILES string of the molecule is Oc1[c]nns1. The van der Waals surface area contributed by atoms with E-state index in [4.69, 9.17) is 5.11 Å². The van der Waals surface area contributed by atoms with Crippen LogP contribution in [0.25, 0.3) is 0 Å². The highest BCUT2D eigenvalue weighted by atomic mass is 32.1. The van der Waals surface area contributed by atoms with E-state index in [-0.39, 0.29) is 5.06 Å². The fourth-order valence-corrected chi connectivity index (χ4v) is 0.383. The number of hydrogen-bond donors (Lipinski definition) is 1. The van der Waals surface area contributed by atoms with E-state index < -0.39 is 0 Å². The van der Waals surface area contributed by atoms with E-state index in [1.807, 2.05) is 0 Å². The van der Waals surface area contributed by atoms with Crippen molar-refractivity contribution < 1.29 is 5.11 Å². The van der Waals surface area contributed by atoms with Crippen molar-refractivity contribution in [2.75, 3.05) is 0 Å². The standard InChI is InChI=1S/C2HN2OS/c5-2-1-3-4-6-2/h5H. The maximum atomic E-state index is 8.31. The molecule has 0 amide bonds. The molecule has 1 radical (unpaired) electrons. The molecule has 3 nitrogen and oxygen atoms in total. The molecular weight excluding hydrogens is 100 g/mol. The second-order valence-electron chi connectivity index (χ2n) is 0.690. The van der Waals surface area contributed by atoms with Crippen LogP contribution in [0.1, 0.15) is 0 Å². The Hall–Kier alpha value is -0.640. The third kappa shape index (κ3) is 0.463. The second kappa shape index (κ2) is 1.22. The van der Waals surface area contributed by atoms with Crippen LogP contribution in [0.5, 0.6) is 5.06 Å². The Morgan fingerprint density at radius 3 is 2.83 bits per heavy atom. The normalized spacial score (nSPS) is 8.67. The molecule has 0 saturated heterocycles. The Labute approximate surface area is 38.4 Å². The highest BCUT2D eigenvalue weighted by Gasteiger charge is 1.83. The number of aromatic hydroxyl groups is 1. The Morgan fingerprint density at radius 2 is 2.67 bits per heavy atom. The second-order valence-corrected chi connectivity index (χ2v) is 1.42. The smallest absolute Gasteiger partial charge is 0.221 e. The molecule has 1 N–H and O–H groups in total. The van der Waals surface area contributed by atoms with Crippen molar-refractivity contribution in [1.29, 1.82) is 0 Å². The van der Waals surface area contributed by atoms with E-state index in [2.05, 4.69) is 15.8 Å². The Morgan fingerprint density at radius 1 is 1.83 bits per heavy atom. The van der Waals surface area contributed by atoms with Gasteiger partial charge in [0.25, 0.3) is 0 Å². The van der Waals surface area contributed by atoms with Gasteiger partial charge >= 0.3 is 0 Å². The number of hydrogen-bond acceptors (Lipinski definition) is 4. The summed E-state index contributed by atoms with van der Waals surface area (Å²) in [5.41, 5.74) is 0. The van der Waals surface area contributed by atoms with E-state index in [0.717, 1.165) is 11.5 Å². The summed E-state index contributed by atoms with van der Waals surface area (Å²) in [7, 11) is 0. The molecule has 0 spiro atoms. The summed E-state index contributed by atoms with van der Waals surface area (Å²) in [6.45, 7) is 0. The van der Waals surface area contributed by atoms with E-state index in [1.165, 1.54) is 0 Å². The monoisotopic (exact) mass is 101 g/mol. The maximum absolute atomic E-state index is 8.31. The summed E-state index contributed by atoms with van der Waals surface area (Å²) in [5.74, 6) is 0. The molecule has 0 atom stereocenters. The van der Waals surface area contributed by atoms with Crippen LogP contribution in [-0.4, -0.2) is 14.7 Å². The minimum Gasteiger partial charge on any atom is -0.497 e. The van der Waals surface area contributed by atoms with Gasteiger partial charge in [0, 0.05) is 11.5 Å². The van der Waals surface area contributed by atoms with Crippen LogP contribution in [0.15, 0.2) is 0 Å². The molecule has 0 saturated carbocycles. The van der Waals surface area contributed by atoms with Crippen molar-refractivity contribution >= 4 is 11.5 Å².